The zero-order valence-electron chi connectivity index (χ0n) is 11.5. The van der Waals surface area contributed by atoms with E-state index >= 15 is 0 Å². The molecule has 100 valence electrons. The molecule has 0 saturated carbocycles. The number of hydrogen-bond donors (Lipinski definition) is 0. The zero-order valence-corrected chi connectivity index (χ0v) is 11.5. The smallest absolute Gasteiger partial charge is 0.274 e. The topological polar surface area (TPSA) is 41.4 Å². The second-order valence-corrected chi connectivity index (χ2v) is 4.63. The predicted octanol–water partition coefficient (Wildman–Crippen LogP) is 1.20. The van der Waals surface area contributed by atoms with Gasteiger partial charge in [0.2, 0.25) is 0 Å². The molecule has 1 aromatic heterocycles. The van der Waals surface area contributed by atoms with E-state index in [0.29, 0.717) is 5.69 Å². The van der Waals surface area contributed by atoms with Gasteiger partial charge in [-0.2, -0.15) is 5.10 Å². The zero-order chi connectivity index (χ0) is 13.1. The van der Waals surface area contributed by atoms with Crippen LogP contribution in [0.2, 0.25) is 0 Å². The molecule has 0 aliphatic carbocycles. The Morgan fingerprint density at radius 3 is 2.56 bits per heavy atom. The number of carbonyl (C=O) groups excluding carboxylic acids is 1. The van der Waals surface area contributed by atoms with Crippen molar-refractivity contribution < 1.29 is 4.79 Å². The third kappa shape index (κ3) is 2.41. The molecule has 3 heterocycles. The average molecular weight is 250 g/mol. The van der Waals surface area contributed by atoms with Crippen LogP contribution in [0.4, 0.5) is 0 Å². The third-order valence-corrected chi connectivity index (χ3v) is 3.35. The van der Waals surface area contributed by atoms with E-state index in [1.807, 2.05) is 29.5 Å². The summed E-state index contributed by atoms with van der Waals surface area (Å²) in [6.45, 7) is 8.56. The summed E-state index contributed by atoms with van der Waals surface area (Å²) < 4.78 is 1.97. The minimum atomic E-state index is 0.0933. The highest BCUT2D eigenvalue weighted by atomic mass is 16.2. The minimum Gasteiger partial charge on any atom is -0.337 e. The fraction of sp³-hybridized carbons (Fsp3) is 0.692. The first-order chi connectivity index (χ1) is 8.74. The van der Waals surface area contributed by atoms with Gasteiger partial charge >= 0.3 is 0 Å². The van der Waals surface area contributed by atoms with Crippen LogP contribution in [-0.4, -0.2) is 52.2 Å². The minimum absolute atomic E-state index is 0.0933. The highest BCUT2D eigenvalue weighted by Crippen LogP contribution is 2.16. The monoisotopic (exact) mass is 250 g/mol. The number of likely N-dealkylation sites (tertiary alicyclic amines) is 1. The molecule has 1 amide bonds. The van der Waals surface area contributed by atoms with Crippen molar-refractivity contribution in [3.8, 4) is 0 Å². The van der Waals surface area contributed by atoms with Gasteiger partial charge in [-0.3, -0.25) is 14.4 Å². The van der Waals surface area contributed by atoms with Gasteiger partial charge in [-0.05, 0) is 19.5 Å². The molecule has 18 heavy (non-hydrogen) atoms. The molecule has 0 bridgehead atoms. The Balaban J connectivity index is 0.000000574. The van der Waals surface area contributed by atoms with Gasteiger partial charge < -0.3 is 4.90 Å². The Morgan fingerprint density at radius 2 is 1.94 bits per heavy atom. The summed E-state index contributed by atoms with van der Waals surface area (Å²) >= 11 is 0. The molecule has 3 rings (SSSR count). The van der Waals surface area contributed by atoms with Crippen molar-refractivity contribution >= 4 is 5.91 Å². The molecule has 0 radical (unpaired) electrons. The molecule has 0 aromatic carbocycles. The van der Waals surface area contributed by atoms with Crippen LogP contribution < -0.4 is 0 Å². The lowest BCUT2D eigenvalue weighted by Crippen LogP contribution is -2.42. The van der Waals surface area contributed by atoms with E-state index < -0.39 is 0 Å². The van der Waals surface area contributed by atoms with Crippen LogP contribution in [0.3, 0.4) is 0 Å². The van der Waals surface area contributed by atoms with Gasteiger partial charge in [0.1, 0.15) is 0 Å². The quantitative estimate of drug-likeness (QED) is 0.752. The standard InChI is InChI=1S/C11H16N4O.C2H6/c1-13-5-6-15-9(8-13)7-10(12-15)11(16)14-3-2-4-14;1-2/h7H,2-6,8H2,1H3;1-2H3. The van der Waals surface area contributed by atoms with E-state index in [4.69, 9.17) is 0 Å². The summed E-state index contributed by atoms with van der Waals surface area (Å²) in [5.74, 6) is 0.0933. The number of carbonyl (C=O) groups is 1. The molecule has 0 N–H and O–H groups in total. The van der Waals surface area contributed by atoms with Crippen molar-refractivity contribution in [3.05, 3.63) is 17.5 Å². The van der Waals surface area contributed by atoms with Crippen molar-refractivity contribution in [3.63, 3.8) is 0 Å². The van der Waals surface area contributed by atoms with Crippen LogP contribution in [-0.2, 0) is 13.1 Å². The summed E-state index contributed by atoms with van der Waals surface area (Å²) in [5, 5.41) is 4.39. The van der Waals surface area contributed by atoms with Crippen molar-refractivity contribution in [1.82, 2.24) is 19.6 Å². The van der Waals surface area contributed by atoms with E-state index in [-0.39, 0.29) is 5.91 Å². The summed E-state index contributed by atoms with van der Waals surface area (Å²) in [4.78, 5) is 16.1. The van der Waals surface area contributed by atoms with Crippen LogP contribution in [0.15, 0.2) is 6.07 Å². The molecule has 2 aliphatic heterocycles. The predicted molar refractivity (Wildman–Crippen MR) is 70.4 cm³/mol. The second-order valence-electron chi connectivity index (χ2n) is 4.63. The first-order valence-electron chi connectivity index (χ1n) is 6.78. The second kappa shape index (κ2) is 5.52. The molecule has 1 fully saturated rings. The molecule has 2 aliphatic rings. The van der Waals surface area contributed by atoms with Crippen LogP contribution in [0.5, 0.6) is 0 Å². The first kappa shape index (κ1) is 13.1. The largest absolute Gasteiger partial charge is 0.337 e. The molecule has 1 aromatic rings. The first-order valence-corrected chi connectivity index (χ1v) is 6.78. The summed E-state index contributed by atoms with van der Waals surface area (Å²) in [7, 11) is 2.09. The maximum absolute atomic E-state index is 12.0. The fourth-order valence-corrected chi connectivity index (χ4v) is 2.18. The van der Waals surface area contributed by atoms with Gasteiger partial charge in [0.15, 0.2) is 5.69 Å². The van der Waals surface area contributed by atoms with Gasteiger partial charge in [-0.25, -0.2) is 0 Å². The van der Waals surface area contributed by atoms with Crippen LogP contribution in [0, 0.1) is 0 Å². The maximum atomic E-state index is 12.0. The number of aromatic nitrogens is 2. The molecule has 5 nitrogen and oxygen atoms in total. The number of fused-ring (bicyclic) bond motifs is 1. The molecule has 0 atom stereocenters. The fourth-order valence-electron chi connectivity index (χ4n) is 2.18. The number of amides is 1. The molecular formula is C13H22N4O. The van der Waals surface area contributed by atoms with Gasteiger partial charge in [0.05, 0.1) is 12.2 Å². The van der Waals surface area contributed by atoms with Crippen molar-refractivity contribution in [2.75, 3.05) is 26.7 Å². The Kier molecular flexibility index (Phi) is 4.01. The van der Waals surface area contributed by atoms with Crippen molar-refractivity contribution in [2.45, 2.75) is 33.4 Å². The molecule has 0 unspecified atom stereocenters. The maximum Gasteiger partial charge on any atom is 0.274 e. The Labute approximate surface area is 108 Å². The van der Waals surface area contributed by atoms with E-state index in [0.717, 1.165) is 44.8 Å². The van der Waals surface area contributed by atoms with E-state index in [9.17, 15) is 4.79 Å². The Morgan fingerprint density at radius 1 is 1.22 bits per heavy atom. The molecular weight excluding hydrogens is 228 g/mol. The number of likely N-dealkylation sites (N-methyl/N-ethyl adjacent to an activating group) is 1. The number of rotatable bonds is 1. The van der Waals surface area contributed by atoms with Crippen LogP contribution in [0.1, 0.15) is 36.5 Å². The highest BCUT2D eigenvalue weighted by Gasteiger charge is 2.25. The normalized spacial score (nSPS) is 18.5. The lowest BCUT2D eigenvalue weighted by molar-refractivity contribution is 0.0644. The number of nitrogens with zero attached hydrogens (tertiary/aromatic N) is 4. The SMILES string of the molecule is CC.CN1CCn2nc(C(=O)N3CCC3)cc2C1. The third-order valence-electron chi connectivity index (χ3n) is 3.35. The van der Waals surface area contributed by atoms with Gasteiger partial charge in [0.25, 0.3) is 5.91 Å². The van der Waals surface area contributed by atoms with E-state index in [2.05, 4.69) is 17.0 Å². The molecule has 0 spiro atoms. The summed E-state index contributed by atoms with van der Waals surface area (Å²) in [6, 6.07) is 1.94. The van der Waals surface area contributed by atoms with Gasteiger partial charge in [-0.15, -0.1) is 0 Å². The van der Waals surface area contributed by atoms with Gasteiger partial charge in [-0.1, -0.05) is 13.8 Å². The van der Waals surface area contributed by atoms with Gasteiger partial charge in [0, 0.05) is 26.2 Å². The van der Waals surface area contributed by atoms with E-state index in [1.165, 1.54) is 0 Å². The van der Waals surface area contributed by atoms with Crippen molar-refractivity contribution in [1.29, 1.82) is 0 Å². The highest BCUT2D eigenvalue weighted by molar-refractivity contribution is 5.92. The molecule has 1 saturated heterocycles. The Hall–Kier alpha value is -1.36. The van der Waals surface area contributed by atoms with Crippen LogP contribution in [0.25, 0.3) is 0 Å². The lowest BCUT2D eigenvalue weighted by atomic mass is 10.2. The van der Waals surface area contributed by atoms with Crippen LogP contribution >= 0.6 is 0 Å². The lowest BCUT2D eigenvalue weighted by Gasteiger charge is -2.29. The molecule has 5 heteroatoms. The average Bonchev–Trinajstić information content (AvgIpc) is 2.72. The summed E-state index contributed by atoms with van der Waals surface area (Å²) in [6.07, 6.45) is 1.13. The van der Waals surface area contributed by atoms with Crippen molar-refractivity contribution in [2.24, 2.45) is 0 Å². The van der Waals surface area contributed by atoms with E-state index in [1.54, 1.807) is 0 Å². The summed E-state index contributed by atoms with van der Waals surface area (Å²) in [5.41, 5.74) is 1.77. The Bertz CT molecular complexity index is 423. The number of hydrogen-bond acceptors (Lipinski definition) is 3.